The van der Waals surface area contributed by atoms with Crippen molar-refractivity contribution in [1.82, 2.24) is 9.88 Å². The highest BCUT2D eigenvalue weighted by Gasteiger charge is 2.24. The molecule has 0 spiro atoms. The first-order valence-corrected chi connectivity index (χ1v) is 7.14. The molecule has 1 aliphatic rings. The van der Waals surface area contributed by atoms with E-state index in [-0.39, 0.29) is 0 Å². The van der Waals surface area contributed by atoms with Crippen LogP contribution >= 0.6 is 0 Å². The maximum atomic E-state index is 4.08. The summed E-state index contributed by atoms with van der Waals surface area (Å²) < 4.78 is 0. The Kier molecular flexibility index (Phi) is 4.39. The molecule has 0 N–H and O–H groups in total. The number of nitrogens with zero attached hydrogens (tertiary/aromatic N) is 2. The predicted molar refractivity (Wildman–Crippen MR) is 76.3 cm³/mol. The average molecular weight is 246 g/mol. The summed E-state index contributed by atoms with van der Waals surface area (Å²) in [6, 6.07) is 4.26. The third-order valence-corrected chi connectivity index (χ3v) is 3.66. The summed E-state index contributed by atoms with van der Waals surface area (Å²) in [5, 5.41) is 0. The Morgan fingerprint density at radius 3 is 2.67 bits per heavy atom. The number of pyridine rings is 1. The lowest BCUT2D eigenvalue weighted by molar-refractivity contribution is 0.135. The molecule has 1 fully saturated rings. The van der Waals surface area contributed by atoms with Crippen molar-refractivity contribution in [3.63, 3.8) is 0 Å². The summed E-state index contributed by atoms with van der Waals surface area (Å²) in [5.41, 5.74) is 1.85. The number of piperidine rings is 1. The number of likely N-dealkylation sites (tertiary alicyclic amines) is 1. The summed E-state index contributed by atoms with van der Waals surface area (Å²) in [4.78, 5) is 6.69. The summed E-state index contributed by atoms with van der Waals surface area (Å²) in [7, 11) is 0. The maximum Gasteiger partial charge on any atom is 0.0271 e. The zero-order chi connectivity index (χ0) is 13.0. The van der Waals surface area contributed by atoms with Gasteiger partial charge in [-0.25, -0.2) is 0 Å². The van der Waals surface area contributed by atoms with Gasteiger partial charge in [0, 0.05) is 25.5 Å². The maximum absolute atomic E-state index is 4.08. The molecule has 0 aliphatic carbocycles. The van der Waals surface area contributed by atoms with E-state index >= 15 is 0 Å². The summed E-state index contributed by atoms with van der Waals surface area (Å²) >= 11 is 0. The van der Waals surface area contributed by atoms with Gasteiger partial charge in [0.1, 0.15) is 0 Å². The average Bonchev–Trinajstić information content (AvgIpc) is 2.28. The molecule has 1 unspecified atom stereocenters. The molecule has 2 heterocycles. The first kappa shape index (κ1) is 13.5. The molecule has 1 aromatic rings. The van der Waals surface area contributed by atoms with E-state index in [1.165, 1.54) is 37.9 Å². The van der Waals surface area contributed by atoms with Gasteiger partial charge in [-0.05, 0) is 54.8 Å². The molecule has 1 saturated heterocycles. The quantitative estimate of drug-likeness (QED) is 0.808. The SMILES string of the molecule is CC(C)(C)CC1CCCN(Cc2ccncc2)C1. The first-order valence-electron chi connectivity index (χ1n) is 7.14. The van der Waals surface area contributed by atoms with E-state index in [4.69, 9.17) is 0 Å². The van der Waals surface area contributed by atoms with Crippen LogP contribution in [0.15, 0.2) is 24.5 Å². The number of rotatable bonds is 3. The fourth-order valence-corrected chi connectivity index (χ4v) is 3.07. The minimum atomic E-state index is 0.463. The van der Waals surface area contributed by atoms with E-state index in [1.54, 1.807) is 0 Å². The minimum Gasteiger partial charge on any atom is -0.299 e. The molecule has 0 saturated carbocycles. The van der Waals surface area contributed by atoms with Crippen LogP contribution in [0.4, 0.5) is 0 Å². The topological polar surface area (TPSA) is 16.1 Å². The Morgan fingerprint density at radius 1 is 1.28 bits per heavy atom. The van der Waals surface area contributed by atoms with Crippen molar-refractivity contribution in [2.24, 2.45) is 11.3 Å². The van der Waals surface area contributed by atoms with Crippen LogP contribution in [0, 0.1) is 11.3 Å². The van der Waals surface area contributed by atoms with Gasteiger partial charge < -0.3 is 0 Å². The van der Waals surface area contributed by atoms with E-state index in [9.17, 15) is 0 Å². The molecular formula is C16H26N2. The van der Waals surface area contributed by atoms with Gasteiger partial charge in [0.15, 0.2) is 0 Å². The highest BCUT2D eigenvalue weighted by atomic mass is 15.1. The van der Waals surface area contributed by atoms with Crippen LogP contribution in [0.3, 0.4) is 0 Å². The molecule has 2 rings (SSSR count). The first-order chi connectivity index (χ1) is 8.53. The molecule has 1 aliphatic heterocycles. The molecule has 1 atom stereocenters. The van der Waals surface area contributed by atoms with Gasteiger partial charge in [-0.1, -0.05) is 20.8 Å². The van der Waals surface area contributed by atoms with Crippen molar-refractivity contribution in [2.75, 3.05) is 13.1 Å². The molecular weight excluding hydrogens is 220 g/mol. The van der Waals surface area contributed by atoms with Gasteiger partial charge in [-0.2, -0.15) is 0 Å². The lowest BCUT2D eigenvalue weighted by atomic mass is 9.81. The van der Waals surface area contributed by atoms with Gasteiger partial charge in [0.05, 0.1) is 0 Å². The van der Waals surface area contributed by atoms with Crippen molar-refractivity contribution < 1.29 is 0 Å². The standard InChI is InChI=1S/C16H26N2/c1-16(2,3)11-15-5-4-10-18(13-15)12-14-6-8-17-9-7-14/h6-9,15H,4-5,10-13H2,1-3H3. The van der Waals surface area contributed by atoms with E-state index < -0.39 is 0 Å². The van der Waals surface area contributed by atoms with Crippen LogP contribution in [0.5, 0.6) is 0 Å². The zero-order valence-electron chi connectivity index (χ0n) is 12.0. The van der Waals surface area contributed by atoms with E-state index in [2.05, 4.69) is 42.8 Å². The monoisotopic (exact) mass is 246 g/mol. The Morgan fingerprint density at radius 2 is 2.00 bits per heavy atom. The van der Waals surface area contributed by atoms with Crippen molar-refractivity contribution in [3.05, 3.63) is 30.1 Å². The van der Waals surface area contributed by atoms with Crippen LogP contribution in [0.25, 0.3) is 0 Å². The molecule has 18 heavy (non-hydrogen) atoms. The van der Waals surface area contributed by atoms with Gasteiger partial charge >= 0.3 is 0 Å². The summed E-state index contributed by atoms with van der Waals surface area (Å²) in [6.07, 6.45) is 7.90. The highest BCUT2D eigenvalue weighted by molar-refractivity contribution is 5.09. The smallest absolute Gasteiger partial charge is 0.0271 e. The number of hydrogen-bond donors (Lipinski definition) is 0. The lowest BCUT2D eigenvalue weighted by Gasteiger charge is -2.35. The van der Waals surface area contributed by atoms with E-state index in [0.29, 0.717) is 5.41 Å². The van der Waals surface area contributed by atoms with Crippen LogP contribution in [-0.4, -0.2) is 23.0 Å². The third kappa shape index (κ3) is 4.41. The Balaban J connectivity index is 1.87. The normalized spacial score (nSPS) is 22.1. The molecule has 2 heteroatoms. The predicted octanol–water partition coefficient (Wildman–Crippen LogP) is 3.73. The molecule has 0 aromatic carbocycles. The third-order valence-electron chi connectivity index (χ3n) is 3.66. The molecule has 0 amide bonds. The Labute approximate surface area is 111 Å². The molecule has 0 radical (unpaired) electrons. The van der Waals surface area contributed by atoms with Gasteiger partial charge in [-0.15, -0.1) is 0 Å². The molecule has 2 nitrogen and oxygen atoms in total. The second-order valence-corrected chi connectivity index (χ2v) is 6.86. The number of hydrogen-bond acceptors (Lipinski definition) is 2. The zero-order valence-corrected chi connectivity index (χ0v) is 12.0. The van der Waals surface area contributed by atoms with Crippen LogP contribution in [0.2, 0.25) is 0 Å². The fourth-order valence-electron chi connectivity index (χ4n) is 3.07. The minimum absolute atomic E-state index is 0.463. The fraction of sp³-hybridized carbons (Fsp3) is 0.688. The molecule has 100 valence electrons. The second kappa shape index (κ2) is 5.83. The van der Waals surface area contributed by atoms with Gasteiger partial charge in [0.2, 0.25) is 0 Å². The Hall–Kier alpha value is -0.890. The lowest BCUT2D eigenvalue weighted by Crippen LogP contribution is -2.36. The summed E-state index contributed by atoms with van der Waals surface area (Å²) in [5.74, 6) is 0.876. The van der Waals surface area contributed by atoms with Crippen LogP contribution < -0.4 is 0 Å². The second-order valence-electron chi connectivity index (χ2n) is 6.86. The largest absolute Gasteiger partial charge is 0.299 e. The highest BCUT2D eigenvalue weighted by Crippen LogP contribution is 2.30. The Bertz CT molecular complexity index is 353. The molecule has 0 bridgehead atoms. The van der Waals surface area contributed by atoms with E-state index in [1.807, 2.05) is 12.4 Å². The van der Waals surface area contributed by atoms with Crippen molar-refractivity contribution in [2.45, 2.75) is 46.6 Å². The van der Waals surface area contributed by atoms with Crippen LogP contribution in [-0.2, 0) is 6.54 Å². The summed E-state index contributed by atoms with van der Waals surface area (Å²) in [6.45, 7) is 10.7. The van der Waals surface area contributed by atoms with Gasteiger partial charge in [-0.3, -0.25) is 9.88 Å². The van der Waals surface area contributed by atoms with E-state index in [0.717, 1.165) is 12.5 Å². The van der Waals surface area contributed by atoms with Crippen molar-refractivity contribution in [1.29, 1.82) is 0 Å². The molecule has 1 aromatic heterocycles. The van der Waals surface area contributed by atoms with Gasteiger partial charge in [0.25, 0.3) is 0 Å². The van der Waals surface area contributed by atoms with Crippen molar-refractivity contribution in [3.8, 4) is 0 Å². The van der Waals surface area contributed by atoms with Crippen molar-refractivity contribution >= 4 is 0 Å². The number of aromatic nitrogens is 1. The van der Waals surface area contributed by atoms with Crippen LogP contribution in [0.1, 0.15) is 45.6 Å².